The molecule has 0 aliphatic carbocycles. The second-order valence-corrected chi connectivity index (χ2v) is 7.44. The van der Waals surface area contributed by atoms with Crippen molar-refractivity contribution in [3.63, 3.8) is 0 Å². The third-order valence-corrected chi connectivity index (χ3v) is 4.57. The van der Waals surface area contributed by atoms with Crippen LogP contribution in [0.5, 0.6) is 0 Å². The highest BCUT2D eigenvalue weighted by atomic mass is 79.9. The van der Waals surface area contributed by atoms with E-state index in [0.29, 0.717) is 0 Å². The number of benzene rings is 1. The molecule has 2 heterocycles. The first-order chi connectivity index (χ1) is 13.2. The Morgan fingerprint density at radius 1 is 1.14 bits per heavy atom. The van der Waals surface area contributed by atoms with E-state index in [0.717, 1.165) is 10.7 Å². The van der Waals surface area contributed by atoms with Crippen LogP contribution in [0.4, 0.5) is 10.1 Å². The van der Waals surface area contributed by atoms with E-state index in [1.807, 2.05) is 0 Å². The van der Waals surface area contributed by atoms with Gasteiger partial charge in [-0.25, -0.2) is 14.1 Å². The average molecular weight is 508 g/mol. The number of anilines is 1. The first-order valence-electron chi connectivity index (χ1n) is 7.34. The molecule has 28 heavy (non-hydrogen) atoms. The second-order valence-electron chi connectivity index (χ2n) is 5.35. The number of nitrogens with two attached hydrogens (primary N) is 1. The van der Waals surface area contributed by atoms with Crippen LogP contribution >= 0.6 is 50.7 Å². The molecule has 0 aliphatic rings. The lowest BCUT2D eigenvalue weighted by Crippen LogP contribution is -2.21. The highest BCUT2D eigenvalue weighted by Crippen LogP contribution is 2.31. The van der Waals surface area contributed by atoms with Crippen LogP contribution in [0, 0.1) is 5.82 Å². The minimum Gasteiger partial charge on any atom is -0.366 e. The highest BCUT2D eigenvalue weighted by Gasteiger charge is 2.22. The van der Waals surface area contributed by atoms with Crippen molar-refractivity contribution in [3.05, 3.63) is 67.2 Å². The summed E-state index contributed by atoms with van der Waals surface area (Å²) in [5.41, 5.74) is 5.09. The van der Waals surface area contributed by atoms with Crippen LogP contribution < -0.4 is 11.1 Å². The predicted molar refractivity (Wildman–Crippen MR) is 107 cm³/mol. The number of nitrogens with zero attached hydrogens (tertiary/aromatic N) is 3. The smallest absolute Gasteiger partial charge is 0.274 e. The van der Waals surface area contributed by atoms with Crippen LogP contribution in [0.15, 0.2) is 35.1 Å². The first kappa shape index (κ1) is 20.5. The van der Waals surface area contributed by atoms with E-state index in [1.54, 1.807) is 0 Å². The van der Waals surface area contributed by atoms with Gasteiger partial charge in [0.15, 0.2) is 11.6 Å². The number of pyridine rings is 1. The van der Waals surface area contributed by atoms with Gasteiger partial charge >= 0.3 is 0 Å². The van der Waals surface area contributed by atoms with E-state index in [4.69, 9.17) is 40.5 Å². The largest absolute Gasteiger partial charge is 0.366 e. The molecule has 1 aromatic carbocycles. The Morgan fingerprint density at radius 3 is 2.50 bits per heavy atom. The molecule has 0 atom stereocenters. The van der Waals surface area contributed by atoms with Crippen molar-refractivity contribution in [3.8, 4) is 5.82 Å². The van der Waals surface area contributed by atoms with Crippen LogP contribution in [0.25, 0.3) is 5.82 Å². The number of aromatic nitrogens is 3. The zero-order chi connectivity index (χ0) is 20.6. The number of primary amides is 1. The number of halogens is 5. The Hall–Kier alpha value is -2.20. The van der Waals surface area contributed by atoms with Crippen molar-refractivity contribution in [1.82, 2.24) is 14.8 Å². The van der Waals surface area contributed by atoms with E-state index in [-0.39, 0.29) is 42.4 Å². The summed E-state index contributed by atoms with van der Waals surface area (Å²) in [6, 6.07) is 4.96. The molecule has 0 fully saturated rings. The number of amides is 2. The van der Waals surface area contributed by atoms with E-state index in [1.165, 1.54) is 24.4 Å². The molecule has 0 bridgehead atoms. The van der Waals surface area contributed by atoms with E-state index < -0.39 is 17.6 Å². The maximum absolute atomic E-state index is 14.2. The first-order valence-corrected chi connectivity index (χ1v) is 9.27. The fourth-order valence-electron chi connectivity index (χ4n) is 2.31. The lowest BCUT2D eigenvalue weighted by molar-refractivity contribution is 0.100. The van der Waals surface area contributed by atoms with Gasteiger partial charge in [0.1, 0.15) is 10.3 Å². The zero-order valence-electron chi connectivity index (χ0n) is 13.5. The van der Waals surface area contributed by atoms with Gasteiger partial charge in [-0.3, -0.25) is 9.59 Å². The Labute approximate surface area is 180 Å². The van der Waals surface area contributed by atoms with Gasteiger partial charge < -0.3 is 11.1 Å². The van der Waals surface area contributed by atoms with Gasteiger partial charge in [-0.2, -0.15) is 5.10 Å². The predicted octanol–water partition coefficient (Wildman–Crippen LogP) is 4.48. The number of hydrogen-bond donors (Lipinski definition) is 2. The van der Waals surface area contributed by atoms with Gasteiger partial charge in [-0.05, 0) is 34.1 Å². The van der Waals surface area contributed by atoms with Crippen LogP contribution in [0.2, 0.25) is 15.1 Å². The van der Waals surface area contributed by atoms with Crippen molar-refractivity contribution in [2.75, 3.05) is 5.32 Å². The Kier molecular flexibility index (Phi) is 5.90. The Bertz CT molecular complexity index is 1120. The van der Waals surface area contributed by atoms with Crippen LogP contribution in [0.3, 0.4) is 0 Å². The summed E-state index contributed by atoms with van der Waals surface area (Å²) < 4.78 is 15.5. The minimum absolute atomic E-state index is 0.00409. The molecule has 12 heteroatoms. The molecule has 2 amide bonds. The lowest BCUT2D eigenvalue weighted by atomic mass is 10.1. The van der Waals surface area contributed by atoms with Crippen molar-refractivity contribution in [2.45, 2.75) is 0 Å². The molecule has 0 unspecified atom stereocenters. The molecule has 0 spiro atoms. The van der Waals surface area contributed by atoms with Gasteiger partial charge in [0, 0.05) is 17.3 Å². The molecule has 0 aliphatic heterocycles. The monoisotopic (exact) mass is 505 g/mol. The van der Waals surface area contributed by atoms with Crippen molar-refractivity contribution >= 4 is 68.2 Å². The lowest BCUT2D eigenvalue weighted by Gasteiger charge is -2.12. The van der Waals surface area contributed by atoms with Gasteiger partial charge in [0.05, 0.1) is 21.3 Å². The molecular weight excluding hydrogens is 499 g/mol. The topological polar surface area (TPSA) is 103 Å². The number of carbonyl (C=O) groups is 2. The summed E-state index contributed by atoms with van der Waals surface area (Å²) >= 11 is 20.8. The summed E-state index contributed by atoms with van der Waals surface area (Å²) in [4.78, 5) is 28.3. The molecule has 3 aromatic rings. The summed E-state index contributed by atoms with van der Waals surface area (Å²) in [5.74, 6) is -2.64. The summed E-state index contributed by atoms with van der Waals surface area (Å²) in [6.07, 6.45) is 1.21. The molecule has 3 N–H and O–H groups in total. The van der Waals surface area contributed by atoms with E-state index >= 15 is 0 Å². The van der Waals surface area contributed by atoms with Gasteiger partial charge in [-0.1, -0.05) is 34.8 Å². The SMILES string of the molecule is NC(=O)c1cc(Cl)cc(Cl)c1NC(=O)c1cc(Br)nn1-c1ncc(Cl)cc1F. The Morgan fingerprint density at radius 2 is 1.86 bits per heavy atom. The van der Waals surface area contributed by atoms with Crippen molar-refractivity contribution in [1.29, 1.82) is 0 Å². The molecular formula is C16H8BrCl3FN5O2. The van der Waals surface area contributed by atoms with Gasteiger partial charge in [0.25, 0.3) is 11.8 Å². The summed E-state index contributed by atoms with van der Waals surface area (Å²) in [6.45, 7) is 0. The van der Waals surface area contributed by atoms with Crippen LogP contribution in [-0.4, -0.2) is 26.6 Å². The average Bonchev–Trinajstić information content (AvgIpc) is 2.98. The number of nitrogens with one attached hydrogen (secondary N) is 1. The third kappa shape index (κ3) is 4.12. The maximum Gasteiger partial charge on any atom is 0.274 e. The third-order valence-electron chi connectivity index (χ3n) is 3.46. The van der Waals surface area contributed by atoms with Gasteiger partial charge in [0.2, 0.25) is 0 Å². The Balaban J connectivity index is 2.05. The minimum atomic E-state index is -0.847. The van der Waals surface area contributed by atoms with Crippen LogP contribution in [0.1, 0.15) is 20.8 Å². The standard InChI is InChI=1S/C16H8BrCl3FN5O2/c17-12-4-11(26(25-12)15-10(21)3-7(19)5-23-15)16(28)24-13-8(14(22)27)1-6(18)2-9(13)20/h1-5H,(H2,22,27)(H,24,28). The van der Waals surface area contributed by atoms with Gasteiger partial charge in [-0.15, -0.1) is 0 Å². The molecule has 0 radical (unpaired) electrons. The maximum atomic E-state index is 14.2. The quantitative estimate of drug-likeness (QED) is 0.544. The van der Waals surface area contributed by atoms with Crippen molar-refractivity contribution < 1.29 is 14.0 Å². The fourth-order valence-corrected chi connectivity index (χ4v) is 3.37. The molecule has 0 saturated heterocycles. The number of rotatable bonds is 4. The molecule has 7 nitrogen and oxygen atoms in total. The summed E-state index contributed by atoms with van der Waals surface area (Å²) in [7, 11) is 0. The molecule has 3 rings (SSSR count). The molecule has 144 valence electrons. The normalized spacial score (nSPS) is 10.8. The van der Waals surface area contributed by atoms with Crippen molar-refractivity contribution in [2.24, 2.45) is 5.73 Å². The molecule has 0 saturated carbocycles. The molecule has 2 aromatic heterocycles. The van der Waals surface area contributed by atoms with E-state index in [2.05, 4.69) is 31.3 Å². The van der Waals surface area contributed by atoms with Crippen LogP contribution in [-0.2, 0) is 0 Å². The zero-order valence-corrected chi connectivity index (χ0v) is 17.4. The van der Waals surface area contributed by atoms with E-state index in [9.17, 15) is 14.0 Å². The summed E-state index contributed by atoms with van der Waals surface area (Å²) in [5, 5.41) is 6.72. The number of hydrogen-bond acceptors (Lipinski definition) is 4. The fraction of sp³-hybridized carbons (Fsp3) is 0. The number of carbonyl (C=O) groups excluding carboxylic acids is 2. The highest BCUT2D eigenvalue weighted by molar-refractivity contribution is 9.10. The second kappa shape index (κ2) is 8.04.